The number of ether oxygens (including phenoxy) is 1. The fraction of sp³-hybridized carbons (Fsp3) is 0.467. The molecule has 1 heterocycles. The Balaban J connectivity index is 2.09. The van der Waals surface area contributed by atoms with Crippen LogP contribution in [0.4, 0.5) is 4.79 Å². The van der Waals surface area contributed by atoms with Gasteiger partial charge in [-0.3, -0.25) is 0 Å². The van der Waals surface area contributed by atoms with E-state index >= 15 is 0 Å². The minimum atomic E-state index is -0.847. The Kier molecular flexibility index (Phi) is 4.27. The highest BCUT2D eigenvalue weighted by molar-refractivity contribution is 5.91. The maximum absolute atomic E-state index is 11.5. The number of methoxy groups -OCH3 is 1. The van der Waals surface area contributed by atoms with Crippen LogP contribution in [-0.2, 0) is 4.74 Å². The molecule has 5 heteroatoms. The lowest BCUT2D eigenvalue weighted by Gasteiger charge is -2.30. The van der Waals surface area contributed by atoms with Crippen LogP contribution in [0.15, 0.2) is 18.2 Å². The molecule has 0 spiro atoms. The molecule has 0 unspecified atom stereocenters. The number of aryl methyl sites for hydroxylation is 1. The number of hydrogen-bond donors (Lipinski definition) is 1. The molecule has 1 aromatic rings. The maximum Gasteiger partial charge on any atom is 0.407 e. The van der Waals surface area contributed by atoms with Crippen LogP contribution in [0.3, 0.4) is 0 Å². The van der Waals surface area contributed by atoms with E-state index in [1.807, 2.05) is 19.1 Å². The minimum Gasteiger partial charge on any atom is -0.465 e. The molecule has 5 nitrogen and oxygen atoms in total. The summed E-state index contributed by atoms with van der Waals surface area (Å²) in [4.78, 5) is 23.9. The van der Waals surface area contributed by atoms with E-state index in [0.29, 0.717) is 24.6 Å². The molecule has 0 atom stereocenters. The molecular formula is C15H19NO4. The Morgan fingerprint density at radius 1 is 1.30 bits per heavy atom. The summed E-state index contributed by atoms with van der Waals surface area (Å²) >= 11 is 0. The Labute approximate surface area is 118 Å². The Bertz CT molecular complexity index is 519. The number of likely N-dealkylation sites (tertiary alicyclic amines) is 1. The van der Waals surface area contributed by atoms with Crippen molar-refractivity contribution in [3.05, 3.63) is 34.9 Å². The lowest BCUT2D eigenvalue weighted by molar-refractivity contribution is 0.0599. The first-order valence-corrected chi connectivity index (χ1v) is 6.69. The van der Waals surface area contributed by atoms with Crippen molar-refractivity contribution in [2.75, 3.05) is 20.2 Å². The smallest absolute Gasteiger partial charge is 0.407 e. The number of rotatable bonds is 2. The van der Waals surface area contributed by atoms with Crippen molar-refractivity contribution in [1.82, 2.24) is 4.90 Å². The van der Waals surface area contributed by atoms with Crippen molar-refractivity contribution < 1.29 is 19.4 Å². The number of carboxylic acid groups (broad SMARTS) is 1. The van der Waals surface area contributed by atoms with E-state index in [9.17, 15) is 9.59 Å². The van der Waals surface area contributed by atoms with Gasteiger partial charge in [0.2, 0.25) is 0 Å². The first-order chi connectivity index (χ1) is 9.52. The molecule has 0 radical (unpaired) electrons. The second-order valence-corrected chi connectivity index (χ2v) is 5.11. The second kappa shape index (κ2) is 5.94. The number of carbonyl (C=O) groups is 2. The minimum absolute atomic E-state index is 0.324. The van der Waals surface area contributed by atoms with Gasteiger partial charge >= 0.3 is 12.1 Å². The summed E-state index contributed by atoms with van der Waals surface area (Å²) in [5.41, 5.74) is 2.65. The number of hydrogen-bond acceptors (Lipinski definition) is 3. The van der Waals surface area contributed by atoms with Crippen LogP contribution in [0.2, 0.25) is 0 Å². The number of piperidine rings is 1. The molecule has 108 valence electrons. The zero-order valence-corrected chi connectivity index (χ0v) is 11.8. The van der Waals surface area contributed by atoms with Crippen LogP contribution in [0, 0.1) is 6.92 Å². The van der Waals surface area contributed by atoms with E-state index < -0.39 is 6.09 Å². The molecule has 0 saturated carbocycles. The van der Waals surface area contributed by atoms with Gasteiger partial charge in [0.15, 0.2) is 0 Å². The summed E-state index contributed by atoms with van der Waals surface area (Å²) in [6, 6.07) is 5.74. The second-order valence-electron chi connectivity index (χ2n) is 5.11. The van der Waals surface area contributed by atoms with E-state index in [2.05, 4.69) is 0 Å². The fourth-order valence-corrected chi connectivity index (χ4v) is 2.68. The molecule has 1 aliphatic heterocycles. The topological polar surface area (TPSA) is 66.8 Å². The van der Waals surface area contributed by atoms with Gasteiger partial charge in [-0.25, -0.2) is 9.59 Å². The predicted octanol–water partition coefficient (Wildman–Crippen LogP) is 2.64. The van der Waals surface area contributed by atoms with E-state index in [1.54, 1.807) is 6.07 Å². The van der Waals surface area contributed by atoms with E-state index in [0.717, 1.165) is 18.4 Å². The third-order valence-electron chi connectivity index (χ3n) is 3.89. The Morgan fingerprint density at radius 2 is 1.95 bits per heavy atom. The van der Waals surface area contributed by atoms with Gasteiger partial charge in [0.1, 0.15) is 0 Å². The first-order valence-electron chi connectivity index (χ1n) is 6.69. The van der Waals surface area contributed by atoms with Crippen molar-refractivity contribution in [2.24, 2.45) is 0 Å². The van der Waals surface area contributed by atoms with Crippen molar-refractivity contribution in [2.45, 2.75) is 25.7 Å². The van der Waals surface area contributed by atoms with Crippen LogP contribution < -0.4 is 0 Å². The van der Waals surface area contributed by atoms with Gasteiger partial charge in [-0.15, -0.1) is 0 Å². The third-order valence-corrected chi connectivity index (χ3v) is 3.89. The van der Waals surface area contributed by atoms with Crippen LogP contribution in [0.1, 0.15) is 40.2 Å². The maximum atomic E-state index is 11.5. The van der Waals surface area contributed by atoms with E-state index in [-0.39, 0.29) is 5.97 Å². The van der Waals surface area contributed by atoms with Gasteiger partial charge in [0.05, 0.1) is 12.7 Å². The normalized spacial score (nSPS) is 16.0. The van der Waals surface area contributed by atoms with Crippen molar-refractivity contribution >= 4 is 12.1 Å². The van der Waals surface area contributed by atoms with Crippen molar-refractivity contribution in [3.63, 3.8) is 0 Å². The number of esters is 1. The number of benzene rings is 1. The number of carbonyl (C=O) groups excluding carboxylic acids is 1. The highest BCUT2D eigenvalue weighted by atomic mass is 16.5. The summed E-state index contributed by atoms with van der Waals surface area (Å²) in [5.74, 6) is 0.0331. The summed E-state index contributed by atoms with van der Waals surface area (Å²) in [6.45, 7) is 3.03. The average molecular weight is 277 g/mol. The summed E-state index contributed by atoms with van der Waals surface area (Å²) in [5, 5.41) is 8.94. The molecule has 0 aromatic heterocycles. The fourth-order valence-electron chi connectivity index (χ4n) is 2.68. The standard InChI is InChI=1S/C15H19NO4/c1-10-9-12(3-4-13(10)14(17)20-2)11-5-7-16(8-6-11)15(18)19/h3-4,9,11H,5-8H2,1-2H3,(H,18,19). The Morgan fingerprint density at radius 3 is 2.45 bits per heavy atom. The number of nitrogens with zero attached hydrogens (tertiary/aromatic N) is 1. The van der Waals surface area contributed by atoms with Crippen LogP contribution in [0.25, 0.3) is 0 Å². The molecule has 0 aliphatic carbocycles. The van der Waals surface area contributed by atoms with Gasteiger partial charge in [-0.2, -0.15) is 0 Å². The quantitative estimate of drug-likeness (QED) is 0.844. The zero-order valence-electron chi connectivity index (χ0n) is 11.8. The van der Waals surface area contributed by atoms with Gasteiger partial charge in [0.25, 0.3) is 0 Å². The third kappa shape index (κ3) is 2.92. The number of amides is 1. The summed E-state index contributed by atoms with van der Waals surface area (Å²) in [6.07, 6.45) is 0.799. The van der Waals surface area contributed by atoms with Gasteiger partial charge in [-0.1, -0.05) is 12.1 Å². The van der Waals surface area contributed by atoms with Gasteiger partial charge in [0, 0.05) is 13.1 Å². The Hall–Kier alpha value is -2.04. The molecule has 1 N–H and O–H groups in total. The molecule has 1 saturated heterocycles. The predicted molar refractivity (Wildman–Crippen MR) is 74.1 cm³/mol. The molecule has 0 bridgehead atoms. The van der Waals surface area contributed by atoms with E-state index in [4.69, 9.17) is 9.84 Å². The lowest BCUT2D eigenvalue weighted by Crippen LogP contribution is -2.36. The molecule has 1 aromatic carbocycles. The van der Waals surface area contributed by atoms with Gasteiger partial charge < -0.3 is 14.7 Å². The molecule has 1 aliphatic rings. The molecular weight excluding hydrogens is 258 g/mol. The first kappa shape index (κ1) is 14.4. The van der Waals surface area contributed by atoms with Gasteiger partial charge in [-0.05, 0) is 42.9 Å². The SMILES string of the molecule is COC(=O)c1ccc(C2CCN(C(=O)O)CC2)cc1C. The van der Waals surface area contributed by atoms with E-state index in [1.165, 1.54) is 17.6 Å². The van der Waals surface area contributed by atoms with Crippen LogP contribution >= 0.6 is 0 Å². The summed E-state index contributed by atoms with van der Waals surface area (Å²) in [7, 11) is 1.37. The molecule has 1 amide bonds. The van der Waals surface area contributed by atoms with Crippen LogP contribution in [-0.4, -0.2) is 42.3 Å². The highest BCUT2D eigenvalue weighted by Gasteiger charge is 2.23. The highest BCUT2D eigenvalue weighted by Crippen LogP contribution is 2.29. The summed E-state index contributed by atoms with van der Waals surface area (Å²) < 4.78 is 4.73. The average Bonchev–Trinajstić information content (AvgIpc) is 2.46. The molecule has 2 rings (SSSR count). The van der Waals surface area contributed by atoms with Crippen molar-refractivity contribution in [3.8, 4) is 0 Å². The largest absolute Gasteiger partial charge is 0.465 e. The monoisotopic (exact) mass is 277 g/mol. The zero-order chi connectivity index (χ0) is 14.7. The van der Waals surface area contributed by atoms with Crippen LogP contribution in [0.5, 0.6) is 0 Å². The lowest BCUT2D eigenvalue weighted by atomic mass is 9.88. The molecule has 1 fully saturated rings. The van der Waals surface area contributed by atoms with Crippen molar-refractivity contribution in [1.29, 1.82) is 0 Å². The molecule has 20 heavy (non-hydrogen) atoms.